The van der Waals surface area contributed by atoms with Gasteiger partial charge in [-0.05, 0) is 13.3 Å². The highest BCUT2D eigenvalue weighted by Crippen LogP contribution is 2.10. The van der Waals surface area contributed by atoms with Crippen LogP contribution in [0, 0.1) is 11.3 Å². The molecule has 48 valence electrons. The highest BCUT2D eigenvalue weighted by atomic mass is 14.9. The third-order valence-electron chi connectivity index (χ3n) is 1.61. The van der Waals surface area contributed by atoms with Gasteiger partial charge in [0.1, 0.15) is 0 Å². The van der Waals surface area contributed by atoms with Crippen molar-refractivity contribution in [3.05, 3.63) is 11.6 Å². The van der Waals surface area contributed by atoms with E-state index in [9.17, 15) is 0 Å². The van der Waals surface area contributed by atoms with Crippen molar-refractivity contribution in [1.82, 2.24) is 5.32 Å². The maximum absolute atomic E-state index is 8.44. The summed E-state index contributed by atoms with van der Waals surface area (Å²) < 4.78 is 0. The van der Waals surface area contributed by atoms with Gasteiger partial charge in [-0.15, -0.1) is 0 Å². The summed E-state index contributed by atoms with van der Waals surface area (Å²) in [6.45, 7) is 2.91. The maximum Gasteiger partial charge on any atom is 0.0993 e. The normalized spacial score (nSPS) is 30.7. The highest BCUT2D eigenvalue weighted by Gasteiger charge is 2.15. The van der Waals surface area contributed by atoms with Crippen LogP contribution in [-0.4, -0.2) is 12.6 Å². The molecular formula is C7H10N2. The SMILES string of the molecule is CC=C1CNC(C#N)C1. The first-order valence-corrected chi connectivity index (χ1v) is 3.14. The van der Waals surface area contributed by atoms with Gasteiger partial charge in [0, 0.05) is 6.54 Å². The first-order valence-electron chi connectivity index (χ1n) is 3.14. The fourth-order valence-electron chi connectivity index (χ4n) is 0.972. The third kappa shape index (κ3) is 1.30. The molecular weight excluding hydrogens is 112 g/mol. The average molecular weight is 122 g/mol. The Labute approximate surface area is 55.2 Å². The average Bonchev–Trinajstić information content (AvgIpc) is 2.34. The molecule has 1 fully saturated rings. The summed E-state index contributed by atoms with van der Waals surface area (Å²) in [7, 11) is 0. The molecule has 1 unspecified atom stereocenters. The zero-order chi connectivity index (χ0) is 6.69. The van der Waals surface area contributed by atoms with E-state index >= 15 is 0 Å². The summed E-state index contributed by atoms with van der Waals surface area (Å²) in [5, 5.41) is 11.5. The van der Waals surface area contributed by atoms with Gasteiger partial charge >= 0.3 is 0 Å². The smallest absolute Gasteiger partial charge is 0.0993 e. The molecule has 1 N–H and O–H groups in total. The predicted octanol–water partition coefficient (Wildman–Crippen LogP) is 0.818. The largest absolute Gasteiger partial charge is 0.298 e. The standard InChI is InChI=1S/C7H10N2/c1-2-6-3-7(4-8)9-5-6/h2,7,9H,3,5H2,1H3. The molecule has 1 rings (SSSR count). The predicted molar refractivity (Wildman–Crippen MR) is 35.8 cm³/mol. The van der Waals surface area contributed by atoms with Crippen LogP contribution in [0.1, 0.15) is 13.3 Å². The molecule has 1 heterocycles. The van der Waals surface area contributed by atoms with Crippen LogP contribution in [-0.2, 0) is 0 Å². The monoisotopic (exact) mass is 122 g/mol. The van der Waals surface area contributed by atoms with E-state index in [0.717, 1.165) is 13.0 Å². The second kappa shape index (κ2) is 2.65. The molecule has 0 spiro atoms. The van der Waals surface area contributed by atoms with E-state index in [4.69, 9.17) is 5.26 Å². The Kier molecular flexibility index (Phi) is 1.86. The van der Waals surface area contributed by atoms with E-state index in [2.05, 4.69) is 17.5 Å². The van der Waals surface area contributed by atoms with Gasteiger partial charge in [0.15, 0.2) is 0 Å². The summed E-state index contributed by atoms with van der Waals surface area (Å²) in [4.78, 5) is 0. The van der Waals surface area contributed by atoms with Crippen molar-refractivity contribution >= 4 is 0 Å². The molecule has 1 atom stereocenters. The number of nitrogens with zero attached hydrogens (tertiary/aromatic N) is 1. The van der Waals surface area contributed by atoms with Crippen molar-refractivity contribution in [2.45, 2.75) is 19.4 Å². The van der Waals surface area contributed by atoms with Gasteiger partial charge in [0.25, 0.3) is 0 Å². The molecule has 2 heteroatoms. The number of hydrogen-bond acceptors (Lipinski definition) is 2. The summed E-state index contributed by atoms with van der Waals surface area (Å²) in [5.41, 5.74) is 1.35. The van der Waals surface area contributed by atoms with Crippen molar-refractivity contribution in [1.29, 1.82) is 5.26 Å². The van der Waals surface area contributed by atoms with E-state index < -0.39 is 0 Å². The van der Waals surface area contributed by atoms with Crippen LogP contribution in [0.4, 0.5) is 0 Å². The maximum atomic E-state index is 8.44. The zero-order valence-corrected chi connectivity index (χ0v) is 5.52. The first-order chi connectivity index (χ1) is 4.36. The summed E-state index contributed by atoms with van der Waals surface area (Å²) in [6, 6.07) is 2.24. The number of hydrogen-bond donors (Lipinski definition) is 1. The van der Waals surface area contributed by atoms with Gasteiger partial charge in [-0.2, -0.15) is 5.26 Å². The molecule has 0 amide bonds. The van der Waals surface area contributed by atoms with Crippen LogP contribution >= 0.6 is 0 Å². The lowest BCUT2D eigenvalue weighted by Gasteiger charge is -1.91. The van der Waals surface area contributed by atoms with Gasteiger partial charge in [0.2, 0.25) is 0 Å². The zero-order valence-electron chi connectivity index (χ0n) is 5.52. The Morgan fingerprint density at radius 2 is 2.67 bits per heavy atom. The minimum absolute atomic E-state index is 0.0659. The lowest BCUT2D eigenvalue weighted by atomic mass is 10.2. The third-order valence-corrected chi connectivity index (χ3v) is 1.61. The molecule has 2 nitrogen and oxygen atoms in total. The number of nitriles is 1. The molecule has 1 saturated heterocycles. The fraction of sp³-hybridized carbons (Fsp3) is 0.571. The lowest BCUT2D eigenvalue weighted by molar-refractivity contribution is 0.740. The van der Waals surface area contributed by atoms with Crippen molar-refractivity contribution < 1.29 is 0 Å². The van der Waals surface area contributed by atoms with Crippen molar-refractivity contribution in [2.24, 2.45) is 0 Å². The van der Waals surface area contributed by atoms with Gasteiger partial charge in [-0.25, -0.2) is 0 Å². The topological polar surface area (TPSA) is 35.8 Å². The molecule has 1 aliphatic heterocycles. The highest BCUT2D eigenvalue weighted by molar-refractivity contribution is 5.15. The Bertz CT molecular complexity index is 164. The quantitative estimate of drug-likeness (QED) is 0.483. The van der Waals surface area contributed by atoms with Crippen LogP contribution in [0.15, 0.2) is 11.6 Å². The van der Waals surface area contributed by atoms with Crippen LogP contribution < -0.4 is 5.32 Å². The van der Waals surface area contributed by atoms with Gasteiger partial charge < -0.3 is 0 Å². The molecule has 0 aromatic carbocycles. The summed E-state index contributed by atoms with van der Waals surface area (Å²) >= 11 is 0. The van der Waals surface area contributed by atoms with Gasteiger partial charge in [0.05, 0.1) is 12.1 Å². The van der Waals surface area contributed by atoms with E-state index in [1.807, 2.05) is 6.92 Å². The summed E-state index contributed by atoms with van der Waals surface area (Å²) in [5.74, 6) is 0. The Morgan fingerprint density at radius 3 is 3.00 bits per heavy atom. The number of nitrogens with one attached hydrogen (secondary N) is 1. The first kappa shape index (κ1) is 6.31. The molecule has 0 bridgehead atoms. The Balaban J connectivity index is 2.50. The number of allylic oxidation sites excluding steroid dienone is 1. The fourth-order valence-corrected chi connectivity index (χ4v) is 0.972. The molecule has 0 aromatic rings. The van der Waals surface area contributed by atoms with Gasteiger partial charge in [-0.3, -0.25) is 5.32 Å². The molecule has 1 aliphatic rings. The van der Waals surface area contributed by atoms with Crippen LogP contribution in [0.25, 0.3) is 0 Å². The Hall–Kier alpha value is -0.810. The van der Waals surface area contributed by atoms with E-state index in [1.165, 1.54) is 5.57 Å². The van der Waals surface area contributed by atoms with Crippen LogP contribution in [0.5, 0.6) is 0 Å². The van der Waals surface area contributed by atoms with E-state index in [0.29, 0.717) is 0 Å². The van der Waals surface area contributed by atoms with Crippen LogP contribution in [0.3, 0.4) is 0 Å². The second-order valence-electron chi connectivity index (χ2n) is 2.21. The second-order valence-corrected chi connectivity index (χ2v) is 2.21. The summed E-state index contributed by atoms with van der Waals surface area (Å²) in [6.07, 6.45) is 2.98. The minimum Gasteiger partial charge on any atom is -0.298 e. The van der Waals surface area contributed by atoms with Crippen molar-refractivity contribution in [3.63, 3.8) is 0 Å². The lowest BCUT2D eigenvalue weighted by Crippen LogP contribution is -2.18. The van der Waals surface area contributed by atoms with Gasteiger partial charge in [-0.1, -0.05) is 11.6 Å². The molecule has 0 saturated carbocycles. The van der Waals surface area contributed by atoms with E-state index in [-0.39, 0.29) is 6.04 Å². The molecule has 9 heavy (non-hydrogen) atoms. The molecule has 0 aromatic heterocycles. The number of rotatable bonds is 0. The minimum atomic E-state index is 0.0659. The Morgan fingerprint density at radius 1 is 1.89 bits per heavy atom. The van der Waals surface area contributed by atoms with Crippen molar-refractivity contribution in [3.8, 4) is 6.07 Å². The van der Waals surface area contributed by atoms with E-state index in [1.54, 1.807) is 0 Å². The van der Waals surface area contributed by atoms with Crippen LogP contribution in [0.2, 0.25) is 0 Å². The molecule has 0 aliphatic carbocycles. The molecule has 0 radical (unpaired) electrons. The van der Waals surface area contributed by atoms with Crippen molar-refractivity contribution in [2.75, 3.05) is 6.54 Å².